The van der Waals surface area contributed by atoms with Gasteiger partial charge in [0.15, 0.2) is 0 Å². The lowest BCUT2D eigenvalue weighted by molar-refractivity contribution is 0.412. The second-order valence-corrected chi connectivity index (χ2v) is 7.12. The number of benzene rings is 2. The quantitative estimate of drug-likeness (QED) is 0.709. The van der Waals surface area contributed by atoms with Gasteiger partial charge in [-0.15, -0.1) is 0 Å². The van der Waals surface area contributed by atoms with Crippen molar-refractivity contribution in [1.29, 1.82) is 0 Å². The van der Waals surface area contributed by atoms with E-state index in [0.717, 1.165) is 43.9 Å². The van der Waals surface area contributed by atoms with Gasteiger partial charge in [-0.25, -0.2) is 9.97 Å². The second kappa shape index (κ2) is 8.85. The molecule has 4 rings (SSSR count). The van der Waals surface area contributed by atoms with Crippen molar-refractivity contribution in [3.05, 3.63) is 72.8 Å². The fourth-order valence-corrected chi connectivity index (χ4v) is 3.68. The highest BCUT2D eigenvalue weighted by Gasteiger charge is 2.19. The first-order chi connectivity index (χ1) is 13.8. The van der Waals surface area contributed by atoms with Crippen molar-refractivity contribution in [1.82, 2.24) is 15.3 Å². The zero-order chi connectivity index (χ0) is 19.2. The van der Waals surface area contributed by atoms with Gasteiger partial charge in [-0.3, -0.25) is 0 Å². The Morgan fingerprint density at radius 3 is 2.57 bits per heavy atom. The first-order valence-electron chi connectivity index (χ1n) is 9.79. The summed E-state index contributed by atoms with van der Waals surface area (Å²) in [6.07, 6.45) is 5.68. The summed E-state index contributed by atoms with van der Waals surface area (Å²) in [5.74, 6) is 0.887. The van der Waals surface area contributed by atoms with E-state index >= 15 is 0 Å². The van der Waals surface area contributed by atoms with E-state index in [1.165, 1.54) is 16.8 Å². The lowest BCUT2D eigenvalue weighted by Gasteiger charge is -2.34. The van der Waals surface area contributed by atoms with Crippen LogP contribution in [0.15, 0.2) is 67.1 Å². The summed E-state index contributed by atoms with van der Waals surface area (Å²) >= 11 is 0. The zero-order valence-electron chi connectivity index (χ0n) is 16.2. The maximum Gasteiger partial charge on any atom is 0.119 e. The third kappa shape index (κ3) is 4.49. The van der Waals surface area contributed by atoms with Gasteiger partial charge in [0, 0.05) is 37.6 Å². The Morgan fingerprint density at radius 1 is 1.04 bits per heavy atom. The Hall–Kier alpha value is -2.92. The van der Waals surface area contributed by atoms with Gasteiger partial charge in [0.1, 0.15) is 12.1 Å². The van der Waals surface area contributed by atoms with E-state index in [-0.39, 0.29) is 0 Å². The molecule has 0 radical (unpaired) electrons. The standard InChI is InChI=1S/C23H26N4O/c1-28-23-4-2-3-19(15-23)18-5-7-22(8-6-18)27-13-10-20(11-14-27)25-16-21-9-12-24-17-26-21/h2-9,12,15,17,20,25H,10-11,13-14,16H2,1H3. The van der Waals surface area contributed by atoms with Crippen LogP contribution in [0, 0.1) is 0 Å². The van der Waals surface area contributed by atoms with Gasteiger partial charge in [0.25, 0.3) is 0 Å². The minimum Gasteiger partial charge on any atom is -0.497 e. The second-order valence-electron chi connectivity index (χ2n) is 7.12. The first-order valence-corrected chi connectivity index (χ1v) is 9.79. The predicted molar refractivity (Wildman–Crippen MR) is 113 cm³/mol. The summed E-state index contributed by atoms with van der Waals surface area (Å²) in [5, 5.41) is 3.62. The van der Waals surface area contributed by atoms with Gasteiger partial charge >= 0.3 is 0 Å². The summed E-state index contributed by atoms with van der Waals surface area (Å²) < 4.78 is 5.33. The summed E-state index contributed by atoms with van der Waals surface area (Å²) in [5.41, 5.74) is 4.73. The average molecular weight is 374 g/mol. The molecule has 1 aromatic heterocycles. The Morgan fingerprint density at radius 2 is 1.86 bits per heavy atom. The van der Waals surface area contributed by atoms with E-state index in [4.69, 9.17) is 4.74 Å². The van der Waals surface area contributed by atoms with Crippen LogP contribution in [0.3, 0.4) is 0 Å². The number of methoxy groups -OCH3 is 1. The molecule has 0 saturated carbocycles. The average Bonchev–Trinajstić information content (AvgIpc) is 2.79. The minimum absolute atomic E-state index is 0.544. The number of rotatable bonds is 6. The molecule has 0 aliphatic carbocycles. The molecule has 0 spiro atoms. The number of nitrogens with zero attached hydrogens (tertiary/aromatic N) is 3. The molecule has 2 heterocycles. The molecule has 28 heavy (non-hydrogen) atoms. The normalized spacial score (nSPS) is 14.8. The topological polar surface area (TPSA) is 50.3 Å². The molecule has 3 aromatic rings. The van der Waals surface area contributed by atoms with Crippen molar-refractivity contribution < 1.29 is 4.74 Å². The SMILES string of the molecule is COc1cccc(-c2ccc(N3CCC(NCc4ccncn4)CC3)cc2)c1. The third-order valence-corrected chi connectivity index (χ3v) is 5.35. The number of nitrogens with one attached hydrogen (secondary N) is 1. The van der Waals surface area contributed by atoms with E-state index in [9.17, 15) is 0 Å². The van der Waals surface area contributed by atoms with Crippen LogP contribution >= 0.6 is 0 Å². The molecule has 0 bridgehead atoms. The molecule has 1 N–H and O–H groups in total. The van der Waals surface area contributed by atoms with Gasteiger partial charge in [0.05, 0.1) is 12.8 Å². The molecular formula is C23H26N4O. The molecule has 1 aliphatic rings. The van der Waals surface area contributed by atoms with Crippen LogP contribution in [0.4, 0.5) is 5.69 Å². The van der Waals surface area contributed by atoms with Gasteiger partial charge in [0.2, 0.25) is 0 Å². The lowest BCUT2D eigenvalue weighted by Crippen LogP contribution is -2.42. The predicted octanol–water partition coefficient (Wildman–Crippen LogP) is 3.91. The van der Waals surface area contributed by atoms with Crippen molar-refractivity contribution >= 4 is 5.69 Å². The van der Waals surface area contributed by atoms with Crippen LogP contribution in [0.1, 0.15) is 18.5 Å². The third-order valence-electron chi connectivity index (χ3n) is 5.35. The Kier molecular flexibility index (Phi) is 5.83. The molecule has 144 valence electrons. The summed E-state index contributed by atoms with van der Waals surface area (Å²) in [4.78, 5) is 10.7. The van der Waals surface area contributed by atoms with Gasteiger partial charge in [-0.2, -0.15) is 0 Å². The van der Waals surface area contributed by atoms with E-state index in [0.29, 0.717) is 6.04 Å². The highest BCUT2D eigenvalue weighted by molar-refractivity contribution is 5.67. The largest absolute Gasteiger partial charge is 0.497 e. The van der Waals surface area contributed by atoms with Crippen LogP contribution in [0.2, 0.25) is 0 Å². The van der Waals surface area contributed by atoms with Crippen LogP contribution in [0.25, 0.3) is 11.1 Å². The molecule has 0 unspecified atom stereocenters. The molecule has 1 aliphatic heterocycles. The summed E-state index contributed by atoms with van der Waals surface area (Å²) in [7, 11) is 1.70. The highest BCUT2D eigenvalue weighted by atomic mass is 16.5. The van der Waals surface area contributed by atoms with Gasteiger partial charge < -0.3 is 15.0 Å². The van der Waals surface area contributed by atoms with Crippen LogP contribution < -0.4 is 15.0 Å². The fraction of sp³-hybridized carbons (Fsp3) is 0.304. The number of aromatic nitrogens is 2. The molecule has 1 fully saturated rings. The highest BCUT2D eigenvalue weighted by Crippen LogP contribution is 2.27. The smallest absolute Gasteiger partial charge is 0.119 e. The molecule has 5 nitrogen and oxygen atoms in total. The maximum atomic E-state index is 5.33. The van der Waals surface area contributed by atoms with Crippen LogP contribution in [0.5, 0.6) is 5.75 Å². The number of piperidine rings is 1. The number of hydrogen-bond donors (Lipinski definition) is 1. The number of anilines is 1. The van der Waals surface area contributed by atoms with Crippen LogP contribution in [-0.4, -0.2) is 36.2 Å². The maximum absolute atomic E-state index is 5.33. The Labute approximate surface area is 166 Å². The molecule has 0 atom stereocenters. The van der Waals surface area contributed by atoms with E-state index in [1.807, 2.05) is 18.2 Å². The molecule has 1 saturated heterocycles. The van der Waals surface area contributed by atoms with E-state index in [1.54, 1.807) is 19.6 Å². The van der Waals surface area contributed by atoms with Crippen molar-refractivity contribution in [3.63, 3.8) is 0 Å². The van der Waals surface area contributed by atoms with E-state index < -0.39 is 0 Å². The first kappa shape index (κ1) is 18.4. The summed E-state index contributed by atoms with van der Waals surface area (Å²) in [6, 6.07) is 19.5. The molecule has 5 heteroatoms. The van der Waals surface area contributed by atoms with Crippen molar-refractivity contribution in [2.24, 2.45) is 0 Å². The van der Waals surface area contributed by atoms with Gasteiger partial charge in [-0.1, -0.05) is 24.3 Å². The van der Waals surface area contributed by atoms with Gasteiger partial charge in [-0.05, 0) is 54.3 Å². The molecule has 0 amide bonds. The lowest BCUT2D eigenvalue weighted by atomic mass is 10.0. The monoisotopic (exact) mass is 374 g/mol. The Balaban J connectivity index is 1.32. The number of ether oxygens (including phenoxy) is 1. The van der Waals surface area contributed by atoms with E-state index in [2.05, 4.69) is 56.6 Å². The van der Waals surface area contributed by atoms with Crippen molar-refractivity contribution in [2.45, 2.75) is 25.4 Å². The number of hydrogen-bond acceptors (Lipinski definition) is 5. The molecular weight excluding hydrogens is 348 g/mol. The summed E-state index contributed by atoms with van der Waals surface area (Å²) in [6.45, 7) is 2.95. The molecule has 2 aromatic carbocycles. The fourth-order valence-electron chi connectivity index (χ4n) is 3.68. The zero-order valence-corrected chi connectivity index (χ0v) is 16.2. The van der Waals surface area contributed by atoms with Crippen LogP contribution in [-0.2, 0) is 6.54 Å². The van der Waals surface area contributed by atoms with Crippen molar-refractivity contribution in [3.8, 4) is 16.9 Å². The minimum atomic E-state index is 0.544. The van der Waals surface area contributed by atoms with Crippen molar-refractivity contribution in [2.75, 3.05) is 25.1 Å². The Bertz CT molecular complexity index is 875.